The van der Waals surface area contributed by atoms with Crippen LogP contribution in [0.25, 0.3) is 0 Å². The lowest BCUT2D eigenvalue weighted by Crippen LogP contribution is -2.48. The minimum absolute atomic E-state index is 0. The minimum atomic E-state index is -3.28. The second kappa shape index (κ2) is 6.48. The first-order valence-corrected chi connectivity index (χ1v) is 8.62. The van der Waals surface area contributed by atoms with Crippen molar-refractivity contribution in [1.82, 2.24) is 8.61 Å². The molecule has 2 saturated heterocycles. The van der Waals surface area contributed by atoms with Crippen molar-refractivity contribution in [3.8, 4) is 0 Å². The molecular formula is C13H28ClN3O2S. The van der Waals surface area contributed by atoms with E-state index in [1.807, 2.05) is 0 Å². The first kappa shape index (κ1) is 18.2. The van der Waals surface area contributed by atoms with Crippen LogP contribution in [0.2, 0.25) is 0 Å². The number of halogens is 1. The molecule has 120 valence electrons. The molecular weight excluding hydrogens is 298 g/mol. The van der Waals surface area contributed by atoms with E-state index in [9.17, 15) is 8.42 Å². The van der Waals surface area contributed by atoms with Crippen LogP contribution in [0, 0.1) is 11.3 Å². The summed E-state index contributed by atoms with van der Waals surface area (Å²) in [6, 6.07) is 0.00175. The molecule has 2 rings (SSSR count). The van der Waals surface area contributed by atoms with Gasteiger partial charge >= 0.3 is 0 Å². The monoisotopic (exact) mass is 325 g/mol. The second-order valence-corrected chi connectivity index (χ2v) is 8.88. The van der Waals surface area contributed by atoms with E-state index in [0.29, 0.717) is 32.1 Å². The Morgan fingerprint density at radius 2 is 1.50 bits per heavy atom. The summed E-state index contributed by atoms with van der Waals surface area (Å²) >= 11 is 0. The van der Waals surface area contributed by atoms with E-state index in [-0.39, 0.29) is 23.9 Å². The van der Waals surface area contributed by atoms with E-state index >= 15 is 0 Å². The number of nitrogens with zero attached hydrogens (tertiary/aromatic N) is 2. The van der Waals surface area contributed by atoms with E-state index < -0.39 is 10.2 Å². The summed E-state index contributed by atoms with van der Waals surface area (Å²) in [6.07, 6.45) is 2.70. The summed E-state index contributed by atoms with van der Waals surface area (Å²) < 4.78 is 28.2. The Kier molecular flexibility index (Phi) is 5.89. The van der Waals surface area contributed by atoms with Crippen molar-refractivity contribution < 1.29 is 8.42 Å². The van der Waals surface area contributed by atoms with E-state index in [1.54, 1.807) is 8.61 Å². The maximum absolute atomic E-state index is 12.5. The van der Waals surface area contributed by atoms with E-state index in [1.165, 1.54) is 0 Å². The van der Waals surface area contributed by atoms with Gasteiger partial charge in [0.2, 0.25) is 0 Å². The van der Waals surface area contributed by atoms with Crippen molar-refractivity contribution in [2.45, 2.75) is 46.1 Å². The largest absolute Gasteiger partial charge is 0.326 e. The molecule has 0 radical (unpaired) electrons. The fourth-order valence-corrected chi connectivity index (χ4v) is 4.79. The molecule has 20 heavy (non-hydrogen) atoms. The zero-order chi connectivity index (χ0) is 14.3. The number of hydrogen-bond donors (Lipinski definition) is 1. The lowest BCUT2D eigenvalue weighted by atomic mass is 9.76. The molecule has 2 heterocycles. The average molecular weight is 326 g/mol. The first-order valence-electron chi connectivity index (χ1n) is 7.22. The molecule has 0 saturated carbocycles. The third kappa shape index (κ3) is 3.85. The lowest BCUT2D eigenvalue weighted by Gasteiger charge is -2.39. The van der Waals surface area contributed by atoms with E-state index in [4.69, 9.17) is 5.73 Å². The molecule has 5 nitrogen and oxygen atoms in total. The van der Waals surface area contributed by atoms with Crippen LogP contribution in [0.15, 0.2) is 0 Å². The summed E-state index contributed by atoms with van der Waals surface area (Å²) in [6.45, 7) is 9.06. The van der Waals surface area contributed by atoms with Gasteiger partial charge in [-0.05, 0) is 30.6 Å². The molecule has 2 aliphatic heterocycles. The Morgan fingerprint density at radius 1 is 1.00 bits per heavy atom. The van der Waals surface area contributed by atoms with Gasteiger partial charge in [0, 0.05) is 32.2 Å². The fraction of sp³-hybridized carbons (Fsp3) is 1.00. The topological polar surface area (TPSA) is 66.6 Å². The highest BCUT2D eigenvalue weighted by atomic mass is 35.5. The van der Waals surface area contributed by atoms with Gasteiger partial charge in [-0.1, -0.05) is 20.8 Å². The predicted octanol–water partition coefficient (Wildman–Crippen LogP) is 1.44. The molecule has 0 aromatic rings. The Balaban J connectivity index is 0.00000200. The molecule has 2 aliphatic rings. The summed E-state index contributed by atoms with van der Waals surface area (Å²) in [7, 11) is -3.28. The van der Waals surface area contributed by atoms with Crippen LogP contribution in [0.1, 0.15) is 40.0 Å². The van der Waals surface area contributed by atoms with E-state index in [2.05, 4.69) is 20.8 Å². The quantitative estimate of drug-likeness (QED) is 0.835. The number of piperidine rings is 1. The van der Waals surface area contributed by atoms with Crippen molar-refractivity contribution >= 4 is 22.6 Å². The molecule has 0 aliphatic carbocycles. The Labute approximate surface area is 129 Å². The summed E-state index contributed by atoms with van der Waals surface area (Å²) in [5, 5.41) is 0. The number of rotatable bonds is 2. The third-order valence-electron chi connectivity index (χ3n) is 4.52. The van der Waals surface area contributed by atoms with Crippen molar-refractivity contribution in [3.63, 3.8) is 0 Å². The van der Waals surface area contributed by atoms with Gasteiger partial charge in [0.25, 0.3) is 10.2 Å². The molecule has 0 amide bonds. The molecule has 2 fully saturated rings. The molecule has 0 aromatic heterocycles. The second-order valence-electron chi connectivity index (χ2n) is 6.95. The number of nitrogens with two attached hydrogens (primary N) is 1. The molecule has 1 atom stereocenters. The first-order chi connectivity index (χ1) is 8.71. The van der Waals surface area contributed by atoms with Gasteiger partial charge in [0.05, 0.1) is 0 Å². The van der Waals surface area contributed by atoms with Gasteiger partial charge in [-0.15, -0.1) is 12.4 Å². The van der Waals surface area contributed by atoms with Gasteiger partial charge in [-0.25, -0.2) is 0 Å². The predicted molar refractivity (Wildman–Crippen MR) is 84.1 cm³/mol. The molecule has 2 N–H and O–H groups in total. The highest BCUT2D eigenvalue weighted by Crippen LogP contribution is 2.35. The van der Waals surface area contributed by atoms with Crippen molar-refractivity contribution in [1.29, 1.82) is 0 Å². The van der Waals surface area contributed by atoms with Gasteiger partial charge in [0.15, 0.2) is 0 Å². The molecule has 0 spiro atoms. The van der Waals surface area contributed by atoms with Crippen molar-refractivity contribution in [2.75, 3.05) is 26.2 Å². The zero-order valence-corrected chi connectivity index (χ0v) is 14.3. The normalized spacial score (nSPS) is 27.5. The number of hydrogen-bond acceptors (Lipinski definition) is 3. The summed E-state index contributed by atoms with van der Waals surface area (Å²) in [5.41, 5.74) is 6.08. The SMILES string of the molecule is CC(C)(C)C1CCN(S(=O)(=O)N2CC[C@H](N)C2)CC1.Cl. The van der Waals surface area contributed by atoms with Gasteiger partial charge in [0.1, 0.15) is 0 Å². The van der Waals surface area contributed by atoms with Crippen LogP contribution >= 0.6 is 12.4 Å². The van der Waals surface area contributed by atoms with Gasteiger partial charge in [-0.3, -0.25) is 0 Å². The lowest BCUT2D eigenvalue weighted by molar-refractivity contribution is 0.150. The standard InChI is InChI=1S/C13H27N3O2S.ClH/c1-13(2,3)11-4-7-15(8-5-11)19(17,18)16-9-6-12(14)10-16;/h11-12H,4-10,14H2,1-3H3;1H/t12-;/m0./s1. The smallest absolute Gasteiger partial charge is 0.282 e. The van der Waals surface area contributed by atoms with Crippen molar-refractivity contribution in [2.24, 2.45) is 17.1 Å². The Bertz CT molecular complexity index is 414. The van der Waals surface area contributed by atoms with Crippen LogP contribution < -0.4 is 5.73 Å². The van der Waals surface area contributed by atoms with Crippen LogP contribution in [-0.2, 0) is 10.2 Å². The molecule has 0 bridgehead atoms. The minimum Gasteiger partial charge on any atom is -0.326 e. The van der Waals surface area contributed by atoms with E-state index in [0.717, 1.165) is 19.3 Å². The van der Waals surface area contributed by atoms with Crippen molar-refractivity contribution in [3.05, 3.63) is 0 Å². The molecule has 0 unspecified atom stereocenters. The highest BCUT2D eigenvalue weighted by molar-refractivity contribution is 7.86. The van der Waals surface area contributed by atoms with Gasteiger partial charge in [-0.2, -0.15) is 17.0 Å². The average Bonchev–Trinajstić information content (AvgIpc) is 2.76. The third-order valence-corrected chi connectivity index (χ3v) is 6.52. The Morgan fingerprint density at radius 3 is 1.90 bits per heavy atom. The molecule has 7 heteroatoms. The highest BCUT2D eigenvalue weighted by Gasteiger charge is 2.38. The van der Waals surface area contributed by atoms with Gasteiger partial charge < -0.3 is 5.73 Å². The zero-order valence-electron chi connectivity index (χ0n) is 12.7. The van der Waals surface area contributed by atoms with Crippen LogP contribution in [-0.4, -0.2) is 49.2 Å². The maximum Gasteiger partial charge on any atom is 0.282 e. The van der Waals surface area contributed by atoms with Crippen LogP contribution in [0.3, 0.4) is 0 Å². The molecule has 0 aromatic carbocycles. The summed E-state index contributed by atoms with van der Waals surface area (Å²) in [4.78, 5) is 0. The fourth-order valence-electron chi connectivity index (χ4n) is 3.08. The Hall–Kier alpha value is 0.120. The van der Waals surface area contributed by atoms with Crippen LogP contribution in [0.5, 0.6) is 0 Å². The van der Waals surface area contributed by atoms with Crippen LogP contribution in [0.4, 0.5) is 0 Å². The summed E-state index contributed by atoms with van der Waals surface area (Å²) in [5.74, 6) is 0.611. The maximum atomic E-state index is 12.5.